The van der Waals surface area contributed by atoms with Crippen LogP contribution in [0.3, 0.4) is 0 Å². The summed E-state index contributed by atoms with van der Waals surface area (Å²) in [6, 6.07) is 8.30. The Morgan fingerprint density at radius 3 is 2.55 bits per heavy atom. The van der Waals surface area contributed by atoms with Crippen LogP contribution in [0.1, 0.15) is 24.1 Å². The first-order valence-corrected chi connectivity index (χ1v) is 8.51. The number of benzene rings is 1. The van der Waals surface area contributed by atoms with E-state index in [4.69, 9.17) is 17.3 Å². The van der Waals surface area contributed by atoms with Crippen LogP contribution < -0.4 is 5.73 Å². The lowest BCUT2D eigenvalue weighted by molar-refractivity contribution is 0.398. The van der Waals surface area contributed by atoms with Crippen molar-refractivity contribution in [1.29, 1.82) is 0 Å². The molecule has 0 aliphatic carbocycles. The number of nitrogen functional groups attached to an aromatic ring is 1. The van der Waals surface area contributed by atoms with Crippen LogP contribution in [0.5, 0.6) is 0 Å². The van der Waals surface area contributed by atoms with Crippen molar-refractivity contribution in [2.75, 3.05) is 12.8 Å². The maximum atomic E-state index is 12.7. The molecule has 118 valence electrons. The summed E-state index contributed by atoms with van der Waals surface area (Å²) in [6.07, 6.45) is 1.27. The predicted octanol–water partition coefficient (Wildman–Crippen LogP) is 3.01. The van der Waals surface area contributed by atoms with Gasteiger partial charge in [-0.15, -0.1) is 0 Å². The molecule has 2 N–H and O–H groups in total. The van der Waals surface area contributed by atoms with Gasteiger partial charge in [0, 0.05) is 24.3 Å². The van der Waals surface area contributed by atoms with Crippen molar-refractivity contribution in [3.8, 4) is 0 Å². The lowest BCUT2D eigenvalue weighted by Gasteiger charge is -2.25. The first-order chi connectivity index (χ1) is 10.2. The summed E-state index contributed by atoms with van der Waals surface area (Å²) in [4.78, 5) is 4.03. The Kier molecular flexibility index (Phi) is 4.75. The van der Waals surface area contributed by atoms with Gasteiger partial charge in [-0.3, -0.25) is 0 Å². The van der Waals surface area contributed by atoms with Crippen molar-refractivity contribution in [2.24, 2.45) is 0 Å². The van der Waals surface area contributed by atoms with Crippen LogP contribution in [0.15, 0.2) is 41.4 Å². The number of nitrogens with two attached hydrogens (primary N) is 1. The molecule has 1 aromatic heterocycles. The van der Waals surface area contributed by atoms with Gasteiger partial charge in [0.05, 0.1) is 0 Å². The van der Waals surface area contributed by atoms with Gasteiger partial charge in [-0.05, 0) is 37.1 Å². The van der Waals surface area contributed by atoms with Crippen molar-refractivity contribution >= 4 is 27.4 Å². The van der Waals surface area contributed by atoms with E-state index in [0.29, 0.717) is 16.4 Å². The molecule has 0 aliphatic heterocycles. The maximum Gasteiger partial charge on any atom is 0.244 e. The monoisotopic (exact) mass is 339 g/mol. The Bertz CT molecular complexity index is 793. The summed E-state index contributed by atoms with van der Waals surface area (Å²) < 4.78 is 26.7. The van der Waals surface area contributed by atoms with Gasteiger partial charge in [-0.1, -0.05) is 29.8 Å². The molecular formula is C15H18ClN3O2S. The number of halogens is 1. The summed E-state index contributed by atoms with van der Waals surface area (Å²) in [5, 5.41) is 0.531. The van der Waals surface area contributed by atoms with E-state index < -0.39 is 16.1 Å². The maximum absolute atomic E-state index is 12.7. The van der Waals surface area contributed by atoms with Crippen molar-refractivity contribution < 1.29 is 8.42 Å². The third-order valence-electron chi connectivity index (χ3n) is 3.67. The van der Waals surface area contributed by atoms with E-state index in [1.54, 1.807) is 26.0 Å². The fourth-order valence-electron chi connectivity index (χ4n) is 2.08. The number of anilines is 1. The fraction of sp³-hybridized carbons (Fsp3) is 0.267. The molecule has 0 saturated carbocycles. The van der Waals surface area contributed by atoms with E-state index in [1.807, 2.05) is 12.1 Å². The molecule has 0 spiro atoms. The highest BCUT2D eigenvalue weighted by Gasteiger charge is 2.28. The van der Waals surface area contributed by atoms with Crippen LogP contribution >= 0.6 is 11.6 Å². The van der Waals surface area contributed by atoms with Crippen LogP contribution in [0.2, 0.25) is 5.02 Å². The molecule has 1 unspecified atom stereocenters. The van der Waals surface area contributed by atoms with Gasteiger partial charge in [0.2, 0.25) is 10.0 Å². The molecule has 2 aromatic rings. The van der Waals surface area contributed by atoms with Gasteiger partial charge in [0.1, 0.15) is 10.7 Å². The number of hydrogen-bond acceptors (Lipinski definition) is 4. The molecule has 0 aliphatic rings. The molecule has 0 radical (unpaired) electrons. The SMILES string of the molecule is Cc1cc(S(=O)(=O)N(C)C(C)c2ccccc2Cl)cnc1N. The highest BCUT2D eigenvalue weighted by molar-refractivity contribution is 7.89. The van der Waals surface area contributed by atoms with Gasteiger partial charge in [0.25, 0.3) is 0 Å². The fourth-order valence-corrected chi connectivity index (χ4v) is 3.75. The molecule has 22 heavy (non-hydrogen) atoms. The van der Waals surface area contributed by atoms with Gasteiger partial charge in [-0.25, -0.2) is 13.4 Å². The zero-order valence-electron chi connectivity index (χ0n) is 12.6. The Balaban J connectivity index is 2.40. The largest absolute Gasteiger partial charge is 0.383 e. The first kappa shape index (κ1) is 16.7. The number of aryl methyl sites for hydroxylation is 1. The minimum Gasteiger partial charge on any atom is -0.383 e. The summed E-state index contributed by atoms with van der Waals surface area (Å²) in [5.41, 5.74) is 7.01. The Morgan fingerprint density at radius 2 is 1.95 bits per heavy atom. The average Bonchev–Trinajstić information content (AvgIpc) is 2.49. The van der Waals surface area contributed by atoms with Crippen molar-refractivity contribution in [3.05, 3.63) is 52.7 Å². The topological polar surface area (TPSA) is 76.3 Å². The molecule has 1 heterocycles. The molecule has 0 fully saturated rings. The zero-order chi connectivity index (χ0) is 16.5. The Morgan fingerprint density at radius 1 is 1.32 bits per heavy atom. The van der Waals surface area contributed by atoms with E-state index in [9.17, 15) is 8.42 Å². The number of nitrogens with zero attached hydrogens (tertiary/aromatic N) is 2. The molecule has 1 aromatic carbocycles. The minimum atomic E-state index is -3.69. The number of rotatable bonds is 4. The predicted molar refractivity (Wildman–Crippen MR) is 88.2 cm³/mol. The van der Waals surface area contributed by atoms with E-state index in [2.05, 4.69) is 4.98 Å². The lowest BCUT2D eigenvalue weighted by atomic mass is 10.1. The molecule has 0 amide bonds. The molecule has 2 rings (SSSR count). The molecular weight excluding hydrogens is 322 g/mol. The molecule has 0 bridgehead atoms. The van der Waals surface area contributed by atoms with E-state index >= 15 is 0 Å². The number of sulfonamides is 1. The average molecular weight is 340 g/mol. The van der Waals surface area contributed by atoms with Crippen LogP contribution in [0.4, 0.5) is 5.82 Å². The Labute approximate surface area is 135 Å². The van der Waals surface area contributed by atoms with E-state index in [1.165, 1.54) is 23.6 Å². The summed E-state index contributed by atoms with van der Waals surface area (Å²) in [6.45, 7) is 3.51. The molecule has 7 heteroatoms. The first-order valence-electron chi connectivity index (χ1n) is 6.69. The second kappa shape index (κ2) is 6.24. The smallest absolute Gasteiger partial charge is 0.244 e. The van der Waals surface area contributed by atoms with Gasteiger partial charge >= 0.3 is 0 Å². The minimum absolute atomic E-state index is 0.112. The second-order valence-electron chi connectivity index (χ2n) is 5.09. The van der Waals surface area contributed by atoms with Crippen LogP contribution in [-0.4, -0.2) is 24.8 Å². The summed E-state index contributed by atoms with van der Waals surface area (Å²) >= 11 is 6.15. The third kappa shape index (κ3) is 3.09. The van der Waals surface area contributed by atoms with Crippen molar-refractivity contribution in [1.82, 2.24) is 9.29 Å². The van der Waals surface area contributed by atoms with Crippen molar-refractivity contribution in [2.45, 2.75) is 24.8 Å². The molecule has 5 nitrogen and oxygen atoms in total. The standard InChI is InChI=1S/C15H18ClN3O2S/c1-10-8-12(9-18-15(10)17)22(20,21)19(3)11(2)13-6-4-5-7-14(13)16/h4-9,11H,1-3H3,(H2,17,18). The Hall–Kier alpha value is -1.63. The summed E-state index contributed by atoms with van der Waals surface area (Å²) in [7, 11) is -2.16. The van der Waals surface area contributed by atoms with Crippen molar-refractivity contribution in [3.63, 3.8) is 0 Å². The van der Waals surface area contributed by atoms with Gasteiger partial charge in [0.15, 0.2) is 0 Å². The van der Waals surface area contributed by atoms with Gasteiger partial charge < -0.3 is 5.73 Å². The number of aromatic nitrogens is 1. The quantitative estimate of drug-likeness (QED) is 0.929. The zero-order valence-corrected chi connectivity index (χ0v) is 14.2. The molecule has 0 saturated heterocycles. The highest BCUT2D eigenvalue weighted by atomic mass is 35.5. The van der Waals surface area contributed by atoms with Crippen LogP contribution in [0, 0.1) is 6.92 Å². The van der Waals surface area contributed by atoms with Crippen LogP contribution in [-0.2, 0) is 10.0 Å². The third-order valence-corrected chi connectivity index (χ3v) is 5.91. The molecule has 1 atom stereocenters. The number of pyridine rings is 1. The van der Waals surface area contributed by atoms with Gasteiger partial charge in [-0.2, -0.15) is 4.31 Å². The lowest BCUT2D eigenvalue weighted by Crippen LogP contribution is -2.30. The second-order valence-corrected chi connectivity index (χ2v) is 7.50. The summed E-state index contributed by atoms with van der Waals surface area (Å²) in [5.74, 6) is 0.320. The van der Waals surface area contributed by atoms with E-state index in [0.717, 1.165) is 5.56 Å². The van der Waals surface area contributed by atoms with E-state index in [-0.39, 0.29) is 4.90 Å². The number of hydrogen-bond donors (Lipinski definition) is 1. The highest BCUT2D eigenvalue weighted by Crippen LogP contribution is 2.30. The normalized spacial score (nSPS) is 13.3. The van der Waals surface area contributed by atoms with Crippen LogP contribution in [0.25, 0.3) is 0 Å².